The third-order valence-corrected chi connectivity index (χ3v) is 6.73. The molecule has 0 radical (unpaired) electrons. The number of hydrogen-bond donors (Lipinski definition) is 1. The van der Waals surface area contributed by atoms with Gasteiger partial charge in [-0.25, -0.2) is 4.79 Å². The monoisotopic (exact) mass is 418 g/mol. The van der Waals surface area contributed by atoms with Crippen LogP contribution in [0.2, 0.25) is 5.02 Å². The number of nitrogens with zero attached hydrogens (tertiary/aromatic N) is 1. The van der Waals surface area contributed by atoms with Gasteiger partial charge in [0.1, 0.15) is 11.3 Å². The molecule has 0 amide bonds. The largest absolute Gasteiger partial charge is 0.462 e. The van der Waals surface area contributed by atoms with Crippen molar-refractivity contribution in [3.8, 4) is 0 Å². The number of rotatable bonds is 6. The van der Waals surface area contributed by atoms with E-state index in [2.05, 4.69) is 11.8 Å². The van der Waals surface area contributed by atoms with E-state index in [1.807, 2.05) is 0 Å². The van der Waals surface area contributed by atoms with E-state index in [0.717, 1.165) is 68.3 Å². The zero-order valence-corrected chi connectivity index (χ0v) is 18.0. The Morgan fingerprint density at radius 1 is 1.31 bits per heavy atom. The highest BCUT2D eigenvalue weighted by molar-refractivity contribution is 6.35. The number of unbranched alkanes of at least 4 members (excludes halogenated alkanes) is 1. The lowest BCUT2D eigenvalue weighted by molar-refractivity contribution is 0.0373. The fourth-order valence-electron chi connectivity index (χ4n) is 4.61. The molecule has 6 heteroatoms. The number of aryl methyl sites for hydroxylation is 2. The fraction of sp³-hybridized carbons (Fsp3) is 0.609. The molecular formula is C23H31ClN2O3. The number of carbonyl (C=O) groups excluding carboxylic acids is 1. The van der Waals surface area contributed by atoms with Crippen LogP contribution in [0, 0.1) is 5.92 Å². The molecule has 1 aliphatic heterocycles. The minimum Gasteiger partial charge on any atom is -0.462 e. The van der Waals surface area contributed by atoms with Crippen molar-refractivity contribution in [1.82, 2.24) is 4.90 Å². The highest BCUT2D eigenvalue weighted by Gasteiger charge is 2.27. The van der Waals surface area contributed by atoms with Crippen LogP contribution in [-0.4, -0.2) is 37.1 Å². The van der Waals surface area contributed by atoms with E-state index in [4.69, 9.17) is 26.5 Å². The topological polar surface area (TPSA) is 68.7 Å². The molecule has 2 aromatic rings. The van der Waals surface area contributed by atoms with E-state index in [1.54, 1.807) is 6.07 Å². The van der Waals surface area contributed by atoms with Crippen molar-refractivity contribution in [2.24, 2.45) is 5.92 Å². The third kappa shape index (κ3) is 4.26. The standard InChI is InChI=1S/C23H31ClN2O3/c1-2-3-10-26-11-8-15(9-12-26)14-28-23(27)17-13-18(24)21(25)20-16-6-4-5-7-19(16)29-22(17)20/h13,15H,2-12,14,25H2,1H3. The summed E-state index contributed by atoms with van der Waals surface area (Å²) < 4.78 is 11.8. The second kappa shape index (κ2) is 8.97. The average Bonchev–Trinajstić information content (AvgIpc) is 3.13. The summed E-state index contributed by atoms with van der Waals surface area (Å²) in [5, 5.41) is 1.20. The predicted molar refractivity (Wildman–Crippen MR) is 117 cm³/mol. The Morgan fingerprint density at radius 2 is 2.07 bits per heavy atom. The molecule has 1 aromatic carbocycles. The number of piperidine rings is 1. The number of carbonyl (C=O) groups is 1. The molecule has 2 N–H and O–H groups in total. The molecule has 1 saturated heterocycles. The molecule has 1 aromatic heterocycles. The molecule has 1 fully saturated rings. The van der Waals surface area contributed by atoms with E-state index in [-0.39, 0.29) is 5.97 Å². The summed E-state index contributed by atoms with van der Waals surface area (Å²) in [4.78, 5) is 15.4. The molecular weight excluding hydrogens is 388 g/mol. The number of likely N-dealkylation sites (tertiary alicyclic amines) is 1. The van der Waals surface area contributed by atoms with Gasteiger partial charge in [-0.15, -0.1) is 0 Å². The number of anilines is 1. The highest BCUT2D eigenvalue weighted by Crippen LogP contribution is 2.40. The van der Waals surface area contributed by atoms with E-state index in [0.29, 0.717) is 34.4 Å². The Bertz CT molecular complexity index is 884. The lowest BCUT2D eigenvalue weighted by Crippen LogP contribution is -2.36. The molecule has 0 spiro atoms. The fourth-order valence-corrected chi connectivity index (χ4v) is 4.81. The van der Waals surface area contributed by atoms with Gasteiger partial charge in [-0.2, -0.15) is 0 Å². The number of halogens is 1. The number of ether oxygens (including phenoxy) is 1. The summed E-state index contributed by atoms with van der Waals surface area (Å²) in [5.41, 5.74) is 8.80. The molecule has 0 atom stereocenters. The zero-order chi connectivity index (χ0) is 20.4. The van der Waals surface area contributed by atoms with Crippen molar-refractivity contribution in [2.45, 2.75) is 58.3 Å². The molecule has 4 rings (SSSR count). The van der Waals surface area contributed by atoms with Gasteiger partial charge in [-0.05, 0) is 70.1 Å². The van der Waals surface area contributed by atoms with Crippen LogP contribution < -0.4 is 5.73 Å². The second-order valence-corrected chi connectivity index (χ2v) is 8.88. The summed E-state index contributed by atoms with van der Waals surface area (Å²) >= 11 is 6.36. The van der Waals surface area contributed by atoms with Crippen molar-refractivity contribution in [1.29, 1.82) is 0 Å². The predicted octanol–water partition coefficient (Wildman–Crippen LogP) is 5.22. The van der Waals surface area contributed by atoms with E-state index in [1.165, 1.54) is 19.4 Å². The van der Waals surface area contributed by atoms with E-state index >= 15 is 0 Å². The number of hydrogen-bond acceptors (Lipinski definition) is 5. The second-order valence-electron chi connectivity index (χ2n) is 8.47. The molecule has 0 bridgehead atoms. The van der Waals surface area contributed by atoms with Gasteiger partial charge in [0.2, 0.25) is 0 Å². The summed E-state index contributed by atoms with van der Waals surface area (Å²) in [6.07, 6.45) is 8.62. The van der Waals surface area contributed by atoms with E-state index in [9.17, 15) is 4.79 Å². The maximum Gasteiger partial charge on any atom is 0.342 e. The van der Waals surface area contributed by atoms with Gasteiger partial charge in [0.25, 0.3) is 0 Å². The van der Waals surface area contributed by atoms with Gasteiger partial charge < -0.3 is 19.8 Å². The Labute approximate surface area is 177 Å². The van der Waals surface area contributed by atoms with Gasteiger partial charge in [0, 0.05) is 17.4 Å². The first kappa shape index (κ1) is 20.5. The van der Waals surface area contributed by atoms with Gasteiger partial charge >= 0.3 is 5.97 Å². The lowest BCUT2D eigenvalue weighted by atomic mass is 9.94. The minimum atomic E-state index is -0.364. The van der Waals surface area contributed by atoms with Gasteiger partial charge in [-0.3, -0.25) is 0 Å². The van der Waals surface area contributed by atoms with Crippen LogP contribution in [-0.2, 0) is 17.6 Å². The number of nitrogen functional groups attached to an aromatic ring is 1. The summed E-state index contributed by atoms with van der Waals surface area (Å²) in [7, 11) is 0. The van der Waals surface area contributed by atoms with Crippen LogP contribution in [0.25, 0.3) is 11.0 Å². The van der Waals surface area contributed by atoms with Gasteiger partial charge in [0.05, 0.1) is 17.3 Å². The molecule has 2 heterocycles. The van der Waals surface area contributed by atoms with Crippen molar-refractivity contribution in [2.75, 3.05) is 32.0 Å². The number of nitrogens with two attached hydrogens (primary N) is 1. The van der Waals surface area contributed by atoms with Gasteiger partial charge in [-0.1, -0.05) is 24.9 Å². The van der Waals surface area contributed by atoms with Crippen LogP contribution in [0.15, 0.2) is 10.5 Å². The molecule has 29 heavy (non-hydrogen) atoms. The van der Waals surface area contributed by atoms with Crippen molar-refractivity contribution in [3.05, 3.63) is 28.0 Å². The maximum absolute atomic E-state index is 12.9. The highest BCUT2D eigenvalue weighted by atomic mass is 35.5. The van der Waals surface area contributed by atoms with Crippen LogP contribution in [0.3, 0.4) is 0 Å². The first-order valence-corrected chi connectivity index (χ1v) is 11.4. The van der Waals surface area contributed by atoms with Crippen molar-refractivity contribution < 1.29 is 13.9 Å². The van der Waals surface area contributed by atoms with Crippen molar-refractivity contribution in [3.63, 3.8) is 0 Å². The minimum absolute atomic E-state index is 0.364. The summed E-state index contributed by atoms with van der Waals surface area (Å²) in [6, 6.07) is 1.60. The lowest BCUT2D eigenvalue weighted by Gasteiger charge is -2.31. The summed E-state index contributed by atoms with van der Waals surface area (Å²) in [6.45, 7) is 6.02. The Hall–Kier alpha value is -1.72. The third-order valence-electron chi connectivity index (χ3n) is 6.42. The quantitative estimate of drug-likeness (QED) is 0.514. The van der Waals surface area contributed by atoms with Crippen LogP contribution in [0.5, 0.6) is 0 Å². The number of fused-ring (bicyclic) bond motifs is 3. The number of furan rings is 1. The molecule has 158 valence electrons. The smallest absolute Gasteiger partial charge is 0.342 e. The summed E-state index contributed by atoms with van der Waals surface area (Å²) in [5.74, 6) is 0.992. The van der Waals surface area contributed by atoms with E-state index < -0.39 is 0 Å². The zero-order valence-electron chi connectivity index (χ0n) is 17.3. The van der Waals surface area contributed by atoms with Crippen LogP contribution in [0.4, 0.5) is 5.69 Å². The Balaban J connectivity index is 1.45. The average molecular weight is 419 g/mol. The normalized spacial score (nSPS) is 18.1. The van der Waals surface area contributed by atoms with Crippen LogP contribution >= 0.6 is 11.6 Å². The molecule has 1 aliphatic carbocycles. The maximum atomic E-state index is 12.9. The Morgan fingerprint density at radius 3 is 2.83 bits per heavy atom. The molecule has 0 unspecified atom stereocenters. The molecule has 0 saturated carbocycles. The first-order chi connectivity index (χ1) is 14.1. The van der Waals surface area contributed by atoms with Crippen molar-refractivity contribution >= 4 is 34.2 Å². The SMILES string of the molecule is CCCCN1CCC(COC(=O)c2cc(Cl)c(N)c3c4c(oc23)CCCC4)CC1. The first-order valence-electron chi connectivity index (χ1n) is 11.0. The number of esters is 1. The van der Waals surface area contributed by atoms with Crippen LogP contribution in [0.1, 0.15) is 67.1 Å². The number of benzene rings is 1. The molecule has 2 aliphatic rings. The molecule has 5 nitrogen and oxygen atoms in total. The van der Waals surface area contributed by atoms with Gasteiger partial charge in [0.15, 0.2) is 5.58 Å². The Kier molecular flexibility index (Phi) is 6.35.